The maximum absolute atomic E-state index is 11.0. The molecule has 0 unspecified atom stereocenters. The van der Waals surface area contributed by atoms with Crippen LogP contribution in [0.4, 0.5) is 0 Å². The Bertz CT molecular complexity index is 124. The topological polar surface area (TPSA) is 32.3 Å². The van der Waals surface area contributed by atoms with Crippen molar-refractivity contribution in [3.63, 3.8) is 0 Å². The molecule has 1 N–H and O–H groups in total. The Morgan fingerprint density at radius 2 is 2.17 bits per heavy atom. The van der Waals surface area contributed by atoms with E-state index in [1.54, 1.807) is 0 Å². The van der Waals surface area contributed by atoms with Crippen molar-refractivity contribution in [2.45, 2.75) is 19.3 Å². The van der Waals surface area contributed by atoms with Gasteiger partial charge in [0.2, 0.25) is 5.91 Å². The Balaban J connectivity index is 3.20. The quantitative estimate of drug-likeness (QED) is 0.631. The number of carbonyl (C=O) groups is 1. The lowest BCUT2D eigenvalue weighted by atomic mass is 10.3. The number of nitrogens with zero attached hydrogens (tertiary/aromatic N) is 1. The summed E-state index contributed by atoms with van der Waals surface area (Å²) in [6.45, 7) is 6.77. The smallest absolute Gasteiger partial charge is 0.220 e. The minimum Gasteiger partial charge on any atom is -0.356 e. The number of hydrogen-bond acceptors (Lipinski definition) is 2. The largest absolute Gasteiger partial charge is 0.356 e. The Hall–Kier alpha value is -0.570. The zero-order valence-corrected chi connectivity index (χ0v) is 7.97. The lowest BCUT2D eigenvalue weighted by molar-refractivity contribution is -0.121. The molecule has 0 aliphatic heterocycles. The fraction of sp³-hybridized carbons (Fsp3) is 0.778. The summed E-state index contributed by atoms with van der Waals surface area (Å²) in [6, 6.07) is 0. The van der Waals surface area contributed by atoms with Gasteiger partial charge < -0.3 is 10.2 Å². The van der Waals surface area contributed by atoms with Gasteiger partial charge in [0.1, 0.15) is 0 Å². The van der Waals surface area contributed by atoms with E-state index in [0.29, 0.717) is 19.4 Å². The van der Waals surface area contributed by atoms with Crippen LogP contribution in [0.25, 0.3) is 0 Å². The van der Waals surface area contributed by atoms with Crippen molar-refractivity contribution in [2.75, 3.05) is 27.2 Å². The minimum atomic E-state index is 0.0994. The van der Waals surface area contributed by atoms with Crippen LogP contribution in [0.1, 0.15) is 19.3 Å². The molecular weight excluding hydrogens is 152 g/mol. The molecule has 0 heterocycles. The average molecular weight is 170 g/mol. The van der Waals surface area contributed by atoms with Crippen molar-refractivity contribution in [2.24, 2.45) is 0 Å². The maximum Gasteiger partial charge on any atom is 0.220 e. The summed E-state index contributed by atoms with van der Waals surface area (Å²) in [4.78, 5) is 13.1. The van der Waals surface area contributed by atoms with Gasteiger partial charge in [-0.3, -0.25) is 4.79 Å². The summed E-state index contributed by atoms with van der Waals surface area (Å²) in [6.07, 6.45) is 2.01. The third-order valence-electron chi connectivity index (χ3n) is 1.48. The van der Waals surface area contributed by atoms with Gasteiger partial charge >= 0.3 is 0 Å². The van der Waals surface area contributed by atoms with Gasteiger partial charge in [0.05, 0.1) is 0 Å². The van der Waals surface area contributed by atoms with Crippen LogP contribution in [0.2, 0.25) is 0 Å². The van der Waals surface area contributed by atoms with Crippen LogP contribution >= 0.6 is 0 Å². The summed E-state index contributed by atoms with van der Waals surface area (Å²) in [7, 11) is 4.00. The molecule has 0 aromatic rings. The van der Waals surface area contributed by atoms with E-state index >= 15 is 0 Å². The Morgan fingerprint density at radius 3 is 2.67 bits per heavy atom. The van der Waals surface area contributed by atoms with Gasteiger partial charge in [-0.05, 0) is 40.4 Å². The van der Waals surface area contributed by atoms with Crippen molar-refractivity contribution in [3.05, 3.63) is 6.92 Å². The third kappa shape index (κ3) is 7.54. The van der Waals surface area contributed by atoms with Crippen LogP contribution in [-0.4, -0.2) is 38.0 Å². The highest BCUT2D eigenvalue weighted by Gasteiger charge is 1.99. The maximum atomic E-state index is 11.0. The zero-order valence-electron chi connectivity index (χ0n) is 7.97. The van der Waals surface area contributed by atoms with Gasteiger partial charge in [-0.15, -0.1) is 0 Å². The first-order valence-electron chi connectivity index (χ1n) is 4.28. The summed E-state index contributed by atoms with van der Waals surface area (Å²) < 4.78 is 0. The number of carbonyl (C=O) groups excluding carboxylic acids is 1. The van der Waals surface area contributed by atoms with Crippen LogP contribution in [0, 0.1) is 6.92 Å². The lowest BCUT2D eigenvalue weighted by Crippen LogP contribution is -2.25. The van der Waals surface area contributed by atoms with Crippen molar-refractivity contribution < 1.29 is 4.79 Å². The molecule has 12 heavy (non-hydrogen) atoms. The molecule has 2 radical (unpaired) electrons. The third-order valence-corrected chi connectivity index (χ3v) is 1.48. The van der Waals surface area contributed by atoms with Crippen molar-refractivity contribution in [1.82, 2.24) is 10.2 Å². The summed E-state index contributed by atoms with van der Waals surface area (Å²) >= 11 is 0. The highest BCUT2D eigenvalue weighted by atomic mass is 16.1. The van der Waals surface area contributed by atoms with E-state index in [1.807, 2.05) is 14.1 Å². The zero-order chi connectivity index (χ0) is 9.40. The molecule has 0 fully saturated rings. The Labute approximate surface area is 75.1 Å². The van der Waals surface area contributed by atoms with Gasteiger partial charge in [0.25, 0.3) is 0 Å². The van der Waals surface area contributed by atoms with E-state index in [9.17, 15) is 4.79 Å². The molecule has 0 bridgehead atoms. The van der Waals surface area contributed by atoms with Crippen LogP contribution in [0.5, 0.6) is 0 Å². The number of hydrogen-bond donors (Lipinski definition) is 1. The molecule has 3 nitrogen and oxygen atoms in total. The second-order valence-corrected chi connectivity index (χ2v) is 3.05. The van der Waals surface area contributed by atoms with Crippen LogP contribution in [-0.2, 0) is 4.79 Å². The lowest BCUT2D eigenvalue weighted by Gasteiger charge is -2.08. The molecule has 0 saturated heterocycles. The van der Waals surface area contributed by atoms with Gasteiger partial charge in [-0.1, -0.05) is 0 Å². The highest BCUT2D eigenvalue weighted by molar-refractivity contribution is 5.75. The molecule has 0 aromatic carbocycles. The number of nitrogens with one attached hydrogen (secondary N) is 1. The molecule has 70 valence electrons. The fourth-order valence-corrected chi connectivity index (χ4v) is 0.856. The van der Waals surface area contributed by atoms with E-state index in [2.05, 4.69) is 10.2 Å². The standard InChI is InChI=1S/C9H18N2O/c1-4-7-10-9(12)6-5-8-11(2)3/h1H,4-8H2,2-3H3,(H,10,12). The second kappa shape index (κ2) is 7.10. The number of amides is 1. The average Bonchev–Trinajstić information content (AvgIpc) is 2.00. The fourth-order valence-electron chi connectivity index (χ4n) is 0.856. The summed E-state index contributed by atoms with van der Waals surface area (Å²) in [5, 5.41) is 2.72. The van der Waals surface area contributed by atoms with Crippen molar-refractivity contribution in [3.8, 4) is 0 Å². The summed E-state index contributed by atoms with van der Waals surface area (Å²) in [5.74, 6) is 0.0994. The first-order chi connectivity index (χ1) is 5.66. The number of rotatable bonds is 6. The van der Waals surface area contributed by atoms with Crippen molar-refractivity contribution >= 4 is 5.91 Å². The first kappa shape index (κ1) is 11.4. The highest BCUT2D eigenvalue weighted by Crippen LogP contribution is 1.90. The second-order valence-electron chi connectivity index (χ2n) is 3.05. The predicted molar refractivity (Wildman–Crippen MR) is 49.7 cm³/mol. The monoisotopic (exact) mass is 170 g/mol. The first-order valence-corrected chi connectivity index (χ1v) is 4.28. The Morgan fingerprint density at radius 1 is 1.50 bits per heavy atom. The van der Waals surface area contributed by atoms with E-state index in [0.717, 1.165) is 13.0 Å². The summed E-state index contributed by atoms with van der Waals surface area (Å²) in [5.41, 5.74) is 0. The van der Waals surface area contributed by atoms with Gasteiger partial charge in [0.15, 0.2) is 0 Å². The molecule has 0 saturated carbocycles. The molecule has 0 aromatic heterocycles. The van der Waals surface area contributed by atoms with Gasteiger partial charge in [0, 0.05) is 13.0 Å². The minimum absolute atomic E-state index is 0.0994. The van der Waals surface area contributed by atoms with Gasteiger partial charge in [-0.25, -0.2) is 0 Å². The van der Waals surface area contributed by atoms with E-state index in [4.69, 9.17) is 6.92 Å². The van der Waals surface area contributed by atoms with E-state index in [1.165, 1.54) is 0 Å². The normalized spacial score (nSPS) is 10.3. The molecule has 0 rings (SSSR count). The van der Waals surface area contributed by atoms with E-state index in [-0.39, 0.29) is 5.91 Å². The molecule has 0 spiro atoms. The Kier molecular flexibility index (Phi) is 6.76. The molecule has 1 amide bonds. The molecule has 3 heteroatoms. The van der Waals surface area contributed by atoms with Crippen LogP contribution in [0.3, 0.4) is 0 Å². The molecule has 0 atom stereocenters. The molecule has 0 aliphatic carbocycles. The molecular formula is C9H18N2O. The van der Waals surface area contributed by atoms with Gasteiger partial charge in [-0.2, -0.15) is 0 Å². The van der Waals surface area contributed by atoms with Crippen molar-refractivity contribution in [1.29, 1.82) is 0 Å². The SMILES string of the molecule is [CH]CCNC(=O)CCCN(C)C. The van der Waals surface area contributed by atoms with Crippen LogP contribution < -0.4 is 5.32 Å². The van der Waals surface area contributed by atoms with E-state index < -0.39 is 0 Å². The predicted octanol–water partition coefficient (Wildman–Crippen LogP) is 0.546. The molecule has 0 aliphatic rings. The van der Waals surface area contributed by atoms with Crippen LogP contribution in [0.15, 0.2) is 0 Å².